The third-order valence-corrected chi connectivity index (χ3v) is 4.30. The second-order valence-electron chi connectivity index (χ2n) is 5.65. The fourth-order valence-corrected chi connectivity index (χ4v) is 2.71. The average molecular weight is 357 g/mol. The number of carbonyl (C=O) groups is 1. The number of amides is 1. The van der Waals surface area contributed by atoms with Crippen molar-refractivity contribution in [3.63, 3.8) is 0 Å². The van der Waals surface area contributed by atoms with Gasteiger partial charge in [0.25, 0.3) is 5.56 Å². The summed E-state index contributed by atoms with van der Waals surface area (Å²) in [7, 11) is 1.57. The third-order valence-electron chi connectivity index (χ3n) is 4.05. The van der Waals surface area contributed by atoms with Crippen molar-refractivity contribution in [2.24, 2.45) is 0 Å². The van der Waals surface area contributed by atoms with Gasteiger partial charge >= 0.3 is 0 Å². The van der Waals surface area contributed by atoms with E-state index in [0.717, 1.165) is 5.39 Å². The molecule has 0 fully saturated rings. The molecule has 0 saturated heterocycles. The van der Waals surface area contributed by atoms with Crippen LogP contribution in [0.15, 0.2) is 59.5 Å². The lowest BCUT2D eigenvalue weighted by atomic mass is 10.1. The van der Waals surface area contributed by atoms with Crippen LogP contribution in [0.4, 0.5) is 5.69 Å². The molecule has 1 heterocycles. The quantitative estimate of drug-likeness (QED) is 0.772. The first-order valence-electron chi connectivity index (χ1n) is 7.75. The first-order valence-corrected chi connectivity index (χ1v) is 8.13. The summed E-state index contributed by atoms with van der Waals surface area (Å²) in [5, 5.41) is 4.68. The molecular formula is C19H17ClN2O3. The minimum absolute atomic E-state index is 0.223. The molecule has 0 aliphatic carbocycles. The number of fused-ring (bicyclic) bond motifs is 1. The summed E-state index contributed by atoms with van der Waals surface area (Å²) in [5.41, 5.74) is 0.402. The lowest BCUT2D eigenvalue weighted by Gasteiger charge is -2.16. The minimum atomic E-state index is -0.658. The van der Waals surface area contributed by atoms with Crippen LogP contribution in [0.2, 0.25) is 5.02 Å². The fourth-order valence-electron chi connectivity index (χ4n) is 2.58. The van der Waals surface area contributed by atoms with Crippen LogP contribution in [0, 0.1) is 0 Å². The average Bonchev–Trinajstić information content (AvgIpc) is 2.63. The van der Waals surface area contributed by atoms with E-state index in [0.29, 0.717) is 21.8 Å². The summed E-state index contributed by atoms with van der Waals surface area (Å²) in [5.74, 6) is 0.399. The van der Waals surface area contributed by atoms with Gasteiger partial charge in [-0.25, -0.2) is 0 Å². The van der Waals surface area contributed by atoms with Crippen molar-refractivity contribution in [2.75, 3.05) is 12.4 Å². The zero-order valence-electron chi connectivity index (χ0n) is 13.8. The molecule has 0 aliphatic heterocycles. The Morgan fingerprint density at radius 1 is 1.16 bits per heavy atom. The molecule has 1 aromatic heterocycles. The lowest BCUT2D eigenvalue weighted by molar-refractivity contribution is -0.118. The molecule has 0 saturated carbocycles. The van der Waals surface area contributed by atoms with Gasteiger partial charge in [-0.15, -0.1) is 0 Å². The van der Waals surface area contributed by atoms with E-state index in [9.17, 15) is 9.59 Å². The summed E-state index contributed by atoms with van der Waals surface area (Å²) in [6.07, 6.45) is 1.62. The highest BCUT2D eigenvalue weighted by molar-refractivity contribution is 6.30. The Kier molecular flexibility index (Phi) is 4.76. The lowest BCUT2D eigenvalue weighted by Crippen LogP contribution is -2.31. The number of nitrogens with zero attached hydrogens (tertiary/aromatic N) is 1. The number of benzene rings is 2. The van der Waals surface area contributed by atoms with Gasteiger partial charge in [-0.05, 0) is 60.8 Å². The van der Waals surface area contributed by atoms with Crippen LogP contribution in [0.3, 0.4) is 0 Å². The molecule has 6 heteroatoms. The van der Waals surface area contributed by atoms with Crippen molar-refractivity contribution >= 4 is 34.0 Å². The molecule has 0 radical (unpaired) electrons. The highest BCUT2D eigenvalue weighted by atomic mass is 35.5. The first kappa shape index (κ1) is 17.0. The molecule has 1 amide bonds. The smallest absolute Gasteiger partial charge is 0.259 e. The van der Waals surface area contributed by atoms with E-state index in [-0.39, 0.29) is 11.5 Å². The Morgan fingerprint density at radius 3 is 2.56 bits per heavy atom. The van der Waals surface area contributed by atoms with Gasteiger partial charge in [0, 0.05) is 22.3 Å². The molecule has 3 aromatic rings. The van der Waals surface area contributed by atoms with E-state index >= 15 is 0 Å². The highest BCUT2D eigenvalue weighted by Gasteiger charge is 2.17. The molecule has 2 aromatic carbocycles. The van der Waals surface area contributed by atoms with Crippen LogP contribution in [0.1, 0.15) is 13.0 Å². The van der Waals surface area contributed by atoms with E-state index in [1.807, 2.05) is 0 Å². The van der Waals surface area contributed by atoms with Crippen LogP contribution in [-0.2, 0) is 4.79 Å². The Balaban J connectivity index is 1.89. The number of hydrogen-bond acceptors (Lipinski definition) is 3. The normalized spacial score (nSPS) is 12.0. The number of halogens is 1. The molecule has 0 aliphatic rings. The number of pyridine rings is 1. The third kappa shape index (κ3) is 3.51. The topological polar surface area (TPSA) is 60.3 Å². The predicted octanol–water partition coefficient (Wildman–Crippen LogP) is 3.86. The Morgan fingerprint density at radius 2 is 1.88 bits per heavy atom. The van der Waals surface area contributed by atoms with Crippen LogP contribution in [-0.4, -0.2) is 17.6 Å². The van der Waals surface area contributed by atoms with Crippen molar-refractivity contribution < 1.29 is 9.53 Å². The van der Waals surface area contributed by atoms with Crippen LogP contribution >= 0.6 is 11.6 Å². The monoisotopic (exact) mass is 356 g/mol. The van der Waals surface area contributed by atoms with Gasteiger partial charge in [-0.3, -0.25) is 9.59 Å². The molecule has 25 heavy (non-hydrogen) atoms. The fraction of sp³-hybridized carbons (Fsp3) is 0.158. The van der Waals surface area contributed by atoms with Gasteiger partial charge in [0.2, 0.25) is 5.91 Å². The van der Waals surface area contributed by atoms with Crippen LogP contribution in [0.25, 0.3) is 10.8 Å². The molecule has 5 nitrogen and oxygen atoms in total. The highest BCUT2D eigenvalue weighted by Crippen LogP contribution is 2.19. The molecule has 0 bridgehead atoms. The maximum Gasteiger partial charge on any atom is 0.259 e. The summed E-state index contributed by atoms with van der Waals surface area (Å²) in [4.78, 5) is 25.2. The summed E-state index contributed by atoms with van der Waals surface area (Å²) in [6.45, 7) is 1.68. The van der Waals surface area contributed by atoms with Gasteiger partial charge in [0.1, 0.15) is 11.8 Å². The molecule has 1 atom stereocenters. The molecule has 0 spiro atoms. The van der Waals surface area contributed by atoms with E-state index in [1.54, 1.807) is 68.8 Å². The van der Waals surface area contributed by atoms with Crippen molar-refractivity contribution in [3.8, 4) is 5.75 Å². The van der Waals surface area contributed by atoms with Gasteiger partial charge in [-0.2, -0.15) is 0 Å². The van der Waals surface area contributed by atoms with E-state index < -0.39 is 6.04 Å². The van der Waals surface area contributed by atoms with Crippen LogP contribution < -0.4 is 15.6 Å². The van der Waals surface area contributed by atoms with Gasteiger partial charge < -0.3 is 14.6 Å². The van der Waals surface area contributed by atoms with E-state index in [4.69, 9.17) is 16.3 Å². The summed E-state index contributed by atoms with van der Waals surface area (Å²) in [6, 6.07) is 13.2. The molecular weight excluding hydrogens is 340 g/mol. The van der Waals surface area contributed by atoms with Crippen molar-refractivity contribution in [1.82, 2.24) is 4.57 Å². The van der Waals surface area contributed by atoms with Gasteiger partial charge in [0.15, 0.2) is 0 Å². The van der Waals surface area contributed by atoms with Gasteiger partial charge in [-0.1, -0.05) is 11.6 Å². The number of aromatic nitrogens is 1. The predicted molar refractivity (Wildman–Crippen MR) is 99.6 cm³/mol. The van der Waals surface area contributed by atoms with Crippen molar-refractivity contribution in [1.29, 1.82) is 0 Å². The standard InChI is InChI=1S/C19H17ClN2O3/c1-12(18(23)21-15-5-3-14(20)4-6-15)22-10-9-13-11-16(25-2)7-8-17(13)19(22)24/h3-12H,1-2H3,(H,21,23). The number of rotatable bonds is 4. The van der Waals surface area contributed by atoms with Crippen molar-refractivity contribution in [2.45, 2.75) is 13.0 Å². The maximum absolute atomic E-state index is 12.7. The van der Waals surface area contributed by atoms with Gasteiger partial charge in [0.05, 0.1) is 7.11 Å². The Bertz CT molecular complexity index is 980. The molecule has 1 N–H and O–H groups in total. The SMILES string of the molecule is COc1ccc2c(=O)n(C(C)C(=O)Nc3ccc(Cl)cc3)ccc2c1. The second kappa shape index (κ2) is 6.99. The number of hydrogen-bond donors (Lipinski definition) is 1. The molecule has 128 valence electrons. The van der Waals surface area contributed by atoms with Crippen molar-refractivity contribution in [3.05, 3.63) is 70.1 Å². The zero-order chi connectivity index (χ0) is 18.0. The zero-order valence-corrected chi connectivity index (χ0v) is 14.6. The number of anilines is 1. The minimum Gasteiger partial charge on any atom is -0.497 e. The Labute approximate surface area is 149 Å². The number of ether oxygens (including phenoxy) is 1. The van der Waals surface area contributed by atoms with E-state index in [2.05, 4.69) is 5.32 Å². The maximum atomic E-state index is 12.7. The van der Waals surface area contributed by atoms with E-state index in [1.165, 1.54) is 4.57 Å². The second-order valence-corrected chi connectivity index (χ2v) is 6.09. The number of nitrogens with one attached hydrogen (secondary N) is 1. The van der Waals surface area contributed by atoms with Crippen LogP contribution in [0.5, 0.6) is 5.75 Å². The summed E-state index contributed by atoms with van der Waals surface area (Å²) < 4.78 is 6.59. The number of methoxy groups -OCH3 is 1. The first-order chi connectivity index (χ1) is 12.0. The molecule has 3 rings (SSSR count). The number of carbonyl (C=O) groups excluding carboxylic acids is 1. The largest absolute Gasteiger partial charge is 0.497 e. The molecule has 1 unspecified atom stereocenters. The Hall–Kier alpha value is -2.79. The summed E-state index contributed by atoms with van der Waals surface area (Å²) >= 11 is 5.84.